The fourth-order valence-corrected chi connectivity index (χ4v) is 2.58. The molecule has 0 radical (unpaired) electrons. The number of carboxylic acid groups (broad SMARTS) is 1. The third-order valence-electron chi connectivity index (χ3n) is 3.38. The average Bonchev–Trinajstić information content (AvgIpc) is 2.35. The first-order valence-electron chi connectivity index (χ1n) is 6.38. The summed E-state index contributed by atoms with van der Waals surface area (Å²) in [6, 6.07) is 4.07. The summed E-state index contributed by atoms with van der Waals surface area (Å²) in [7, 11) is 0. The van der Waals surface area contributed by atoms with Gasteiger partial charge in [0.1, 0.15) is 5.82 Å². The summed E-state index contributed by atoms with van der Waals surface area (Å²) >= 11 is 0. The lowest BCUT2D eigenvalue weighted by molar-refractivity contribution is -0.136. The molecule has 1 aromatic carbocycles. The fourth-order valence-electron chi connectivity index (χ4n) is 2.58. The van der Waals surface area contributed by atoms with E-state index in [1.165, 1.54) is 12.1 Å². The van der Waals surface area contributed by atoms with Crippen LogP contribution in [0.25, 0.3) is 10.9 Å². The largest absolute Gasteiger partial charge is 0.481 e. The number of rotatable bonds is 3. The molecular weight excluding hydrogens is 261 g/mol. The quantitative estimate of drug-likeness (QED) is 0.938. The summed E-state index contributed by atoms with van der Waals surface area (Å²) < 4.78 is 15.2. The number of hydrogen-bond donors (Lipinski definition) is 1. The molecule has 1 heterocycles. The zero-order chi connectivity index (χ0) is 15.0. The second-order valence-electron chi connectivity index (χ2n) is 5.09. The molecule has 0 atom stereocenters. The van der Waals surface area contributed by atoms with Crippen molar-refractivity contribution < 1.29 is 14.3 Å². The van der Waals surface area contributed by atoms with Crippen LogP contribution in [-0.2, 0) is 11.2 Å². The predicted octanol–water partition coefficient (Wildman–Crippen LogP) is 2.66. The zero-order valence-corrected chi connectivity index (χ0v) is 11.6. The first-order valence-corrected chi connectivity index (χ1v) is 6.38. The van der Waals surface area contributed by atoms with Crippen molar-refractivity contribution in [1.29, 1.82) is 0 Å². The second kappa shape index (κ2) is 5.07. The third-order valence-corrected chi connectivity index (χ3v) is 3.38. The van der Waals surface area contributed by atoms with Gasteiger partial charge in [0.05, 0.1) is 11.9 Å². The van der Waals surface area contributed by atoms with Crippen LogP contribution in [0.1, 0.15) is 31.1 Å². The molecule has 1 N–H and O–H groups in total. The number of aliphatic carboxylic acids is 1. The van der Waals surface area contributed by atoms with E-state index >= 15 is 0 Å². The molecule has 1 aromatic heterocycles. The van der Waals surface area contributed by atoms with Crippen molar-refractivity contribution in [2.75, 3.05) is 0 Å². The number of halogens is 1. The number of fused-ring (bicyclic) bond motifs is 1. The Kier molecular flexibility index (Phi) is 3.61. The Balaban J connectivity index is 2.94. The van der Waals surface area contributed by atoms with Gasteiger partial charge in [-0.25, -0.2) is 4.39 Å². The number of nitrogens with zero attached hydrogens (tertiary/aromatic N) is 1. The lowest BCUT2D eigenvalue weighted by Crippen LogP contribution is -2.22. The molecule has 0 unspecified atom stereocenters. The van der Waals surface area contributed by atoms with Gasteiger partial charge in [0.2, 0.25) is 0 Å². The van der Waals surface area contributed by atoms with E-state index in [0.29, 0.717) is 11.2 Å². The first-order chi connectivity index (χ1) is 9.32. The lowest BCUT2D eigenvalue weighted by atomic mass is 10.0. The van der Waals surface area contributed by atoms with Crippen LogP contribution in [0, 0.1) is 12.7 Å². The summed E-state index contributed by atoms with van der Waals surface area (Å²) in [5, 5.41) is 9.17. The third kappa shape index (κ3) is 2.31. The van der Waals surface area contributed by atoms with Gasteiger partial charge in [-0.15, -0.1) is 0 Å². The van der Waals surface area contributed by atoms with Crippen molar-refractivity contribution in [3.63, 3.8) is 0 Å². The molecule has 20 heavy (non-hydrogen) atoms. The van der Waals surface area contributed by atoms with Gasteiger partial charge in [-0.3, -0.25) is 9.59 Å². The summed E-state index contributed by atoms with van der Waals surface area (Å²) in [5.41, 5.74) is 1.05. The maximum Gasteiger partial charge on any atom is 0.308 e. The van der Waals surface area contributed by atoms with Gasteiger partial charge < -0.3 is 9.67 Å². The maximum atomic E-state index is 13.4. The molecule has 0 aliphatic rings. The topological polar surface area (TPSA) is 59.3 Å². The minimum atomic E-state index is -1.07. The highest BCUT2D eigenvalue weighted by Crippen LogP contribution is 2.21. The fraction of sp³-hybridized carbons (Fsp3) is 0.333. The number of carboxylic acids is 1. The second-order valence-corrected chi connectivity index (χ2v) is 5.09. The molecule has 0 saturated carbocycles. The lowest BCUT2D eigenvalue weighted by Gasteiger charge is -2.21. The van der Waals surface area contributed by atoms with Gasteiger partial charge in [-0.1, -0.05) is 0 Å². The number of benzene rings is 1. The molecule has 0 bridgehead atoms. The molecule has 0 saturated heterocycles. The van der Waals surface area contributed by atoms with Crippen molar-refractivity contribution in [2.45, 2.75) is 33.2 Å². The van der Waals surface area contributed by atoms with E-state index in [-0.39, 0.29) is 23.4 Å². The highest BCUT2D eigenvalue weighted by Gasteiger charge is 2.18. The van der Waals surface area contributed by atoms with Crippen molar-refractivity contribution in [3.8, 4) is 0 Å². The Labute approximate surface area is 115 Å². The van der Waals surface area contributed by atoms with Crippen molar-refractivity contribution in [1.82, 2.24) is 4.57 Å². The molecule has 2 aromatic rings. The predicted molar refractivity (Wildman–Crippen MR) is 74.6 cm³/mol. The number of aromatic nitrogens is 1. The maximum absolute atomic E-state index is 13.4. The zero-order valence-electron chi connectivity index (χ0n) is 11.6. The van der Waals surface area contributed by atoms with Gasteiger partial charge in [0, 0.05) is 22.7 Å². The van der Waals surface area contributed by atoms with E-state index in [1.54, 1.807) is 13.0 Å². The van der Waals surface area contributed by atoms with Crippen LogP contribution in [0.15, 0.2) is 23.0 Å². The minimum absolute atomic E-state index is 0.0381. The van der Waals surface area contributed by atoms with Crippen LogP contribution in [0.2, 0.25) is 0 Å². The SMILES string of the molecule is Cc1c(CC(=O)O)c(=O)c2cc(F)ccc2n1C(C)C. The van der Waals surface area contributed by atoms with Crippen LogP contribution < -0.4 is 5.43 Å². The smallest absolute Gasteiger partial charge is 0.308 e. The highest BCUT2D eigenvalue weighted by atomic mass is 19.1. The molecule has 4 nitrogen and oxygen atoms in total. The van der Waals surface area contributed by atoms with Crippen molar-refractivity contribution in [3.05, 3.63) is 45.5 Å². The first kappa shape index (κ1) is 14.2. The molecule has 0 spiro atoms. The molecule has 0 amide bonds. The van der Waals surface area contributed by atoms with Crippen LogP contribution in [-0.4, -0.2) is 15.6 Å². The molecule has 0 aliphatic carbocycles. The molecule has 2 rings (SSSR count). The van der Waals surface area contributed by atoms with E-state index in [2.05, 4.69) is 0 Å². The molecule has 5 heteroatoms. The van der Waals surface area contributed by atoms with E-state index in [4.69, 9.17) is 5.11 Å². The van der Waals surface area contributed by atoms with E-state index in [9.17, 15) is 14.0 Å². The molecular formula is C15H16FNO3. The Morgan fingerprint density at radius 2 is 2.05 bits per heavy atom. The average molecular weight is 277 g/mol. The number of hydrogen-bond acceptors (Lipinski definition) is 2. The van der Waals surface area contributed by atoms with E-state index in [1.807, 2.05) is 18.4 Å². The Morgan fingerprint density at radius 3 is 2.60 bits per heavy atom. The summed E-state index contributed by atoms with van der Waals surface area (Å²) in [6.07, 6.45) is -0.357. The Morgan fingerprint density at radius 1 is 1.40 bits per heavy atom. The van der Waals surface area contributed by atoms with Crippen LogP contribution in [0.4, 0.5) is 4.39 Å². The van der Waals surface area contributed by atoms with Gasteiger partial charge in [-0.2, -0.15) is 0 Å². The van der Waals surface area contributed by atoms with E-state index < -0.39 is 17.2 Å². The van der Waals surface area contributed by atoms with Gasteiger partial charge in [-0.05, 0) is 39.0 Å². The van der Waals surface area contributed by atoms with Crippen LogP contribution in [0.3, 0.4) is 0 Å². The highest BCUT2D eigenvalue weighted by molar-refractivity contribution is 5.82. The van der Waals surface area contributed by atoms with E-state index in [0.717, 1.165) is 0 Å². The summed E-state index contributed by atoms with van der Waals surface area (Å²) in [5.74, 6) is -1.58. The number of carbonyl (C=O) groups is 1. The normalized spacial score (nSPS) is 11.2. The number of pyridine rings is 1. The van der Waals surface area contributed by atoms with Gasteiger partial charge >= 0.3 is 5.97 Å². The molecule has 0 fully saturated rings. The summed E-state index contributed by atoms with van der Waals surface area (Å²) in [6.45, 7) is 5.60. The minimum Gasteiger partial charge on any atom is -0.481 e. The standard InChI is InChI=1S/C15H16FNO3/c1-8(2)17-9(3)11(7-14(18)19)15(20)12-6-10(16)4-5-13(12)17/h4-6,8H,7H2,1-3H3,(H,18,19). The molecule has 106 valence electrons. The summed E-state index contributed by atoms with van der Waals surface area (Å²) in [4.78, 5) is 23.3. The van der Waals surface area contributed by atoms with Crippen molar-refractivity contribution in [2.24, 2.45) is 0 Å². The molecule has 0 aliphatic heterocycles. The Bertz CT molecular complexity index is 747. The van der Waals surface area contributed by atoms with Crippen molar-refractivity contribution >= 4 is 16.9 Å². The van der Waals surface area contributed by atoms with Crippen LogP contribution >= 0.6 is 0 Å². The monoisotopic (exact) mass is 277 g/mol. The Hall–Kier alpha value is -2.17. The van der Waals surface area contributed by atoms with Crippen LogP contribution in [0.5, 0.6) is 0 Å². The van der Waals surface area contributed by atoms with Gasteiger partial charge in [0.15, 0.2) is 5.43 Å². The van der Waals surface area contributed by atoms with Gasteiger partial charge in [0.25, 0.3) is 0 Å².